The lowest BCUT2D eigenvalue weighted by Gasteiger charge is -2.39. The molecule has 1 fully saturated rings. The number of nitriles is 1. The van der Waals surface area contributed by atoms with Crippen molar-refractivity contribution in [1.29, 1.82) is 5.26 Å². The molecule has 0 bridgehead atoms. The molecule has 0 amide bonds. The van der Waals surface area contributed by atoms with E-state index in [9.17, 15) is 14.9 Å². The number of H-pyrrole nitrogens is 1. The molecular weight excluding hydrogens is 747 g/mol. The maximum Gasteiger partial charge on any atom is 0.330 e. The van der Waals surface area contributed by atoms with Crippen LogP contribution in [0.2, 0.25) is 0 Å². The molecule has 0 spiro atoms. The Bertz CT molecular complexity index is 1910. The van der Waals surface area contributed by atoms with Crippen LogP contribution in [0, 0.1) is 18.3 Å². The molecular formula is C39H46BrN4O7P. The van der Waals surface area contributed by atoms with Gasteiger partial charge in [0.2, 0.25) is 0 Å². The highest BCUT2D eigenvalue weighted by Crippen LogP contribution is 2.50. The normalized spacial score (nSPS) is 19.1. The Labute approximate surface area is 314 Å². The Hall–Kier alpha value is -3.66. The van der Waals surface area contributed by atoms with Gasteiger partial charge < -0.3 is 23.3 Å². The topological polar surface area (TPSA) is 128 Å². The second kappa shape index (κ2) is 17.9. The first kappa shape index (κ1) is 39.5. The van der Waals surface area contributed by atoms with Crippen LogP contribution in [0.15, 0.2) is 99.1 Å². The van der Waals surface area contributed by atoms with E-state index in [1.807, 2.05) is 61.5 Å². The van der Waals surface area contributed by atoms with Crippen LogP contribution in [0.5, 0.6) is 5.75 Å². The largest absolute Gasteiger partial charge is 0.497 e. The van der Waals surface area contributed by atoms with Gasteiger partial charge in [-0.2, -0.15) is 5.26 Å². The highest BCUT2D eigenvalue weighted by molar-refractivity contribution is 9.10. The van der Waals surface area contributed by atoms with Crippen LogP contribution in [-0.4, -0.2) is 58.8 Å². The van der Waals surface area contributed by atoms with Gasteiger partial charge in [0.1, 0.15) is 23.7 Å². The minimum absolute atomic E-state index is 0.0555. The number of hydrogen-bond donors (Lipinski definition) is 1. The van der Waals surface area contributed by atoms with E-state index in [2.05, 4.69) is 83.6 Å². The van der Waals surface area contributed by atoms with E-state index < -0.39 is 43.8 Å². The van der Waals surface area contributed by atoms with Crippen molar-refractivity contribution in [2.75, 3.05) is 20.3 Å². The van der Waals surface area contributed by atoms with Gasteiger partial charge in [0, 0.05) is 24.7 Å². The molecule has 5 rings (SSSR count). The van der Waals surface area contributed by atoms with Crippen molar-refractivity contribution < 1.29 is 23.3 Å². The van der Waals surface area contributed by atoms with Gasteiger partial charge in [-0.25, -0.2) is 9.46 Å². The summed E-state index contributed by atoms with van der Waals surface area (Å²) in [5, 5.41) is 9.28. The molecule has 1 N–H and O–H groups in total. The molecule has 3 aromatic carbocycles. The Morgan fingerprint density at radius 2 is 1.62 bits per heavy atom. The van der Waals surface area contributed by atoms with Crippen molar-refractivity contribution in [3.05, 3.63) is 133 Å². The molecule has 11 nitrogen and oxygen atoms in total. The lowest BCUT2D eigenvalue weighted by atomic mass is 9.79. The monoisotopic (exact) mass is 792 g/mol. The molecule has 13 heteroatoms. The highest BCUT2D eigenvalue weighted by Gasteiger charge is 2.45. The van der Waals surface area contributed by atoms with E-state index in [-0.39, 0.29) is 42.6 Å². The lowest BCUT2D eigenvalue weighted by molar-refractivity contribution is -0.0926. The summed E-state index contributed by atoms with van der Waals surface area (Å²) in [5.74, 6) is 0.715. The molecule has 4 aromatic rings. The standard InChI is InChI=1S/C39H46BrN4O7P/c1-26(2)44(27(3)4)52(49-22-10-21-41)51-34-23-36(43-24-33(40)37(45)42-38(43)46)50-35(34)25-48-39(29-11-8-7-9-12-29,30-15-13-28(5)14-16-30)31-17-19-32(47-6)20-18-31/h7-9,11-20,24,26-27,34-36H,10,22-23,25H2,1-6H3,(H,42,45,46). The van der Waals surface area contributed by atoms with E-state index in [1.54, 1.807) is 7.11 Å². The maximum atomic E-state index is 13.1. The van der Waals surface area contributed by atoms with Gasteiger partial charge in [-0.3, -0.25) is 14.3 Å². The summed E-state index contributed by atoms with van der Waals surface area (Å²) in [6, 6.07) is 28.4. The van der Waals surface area contributed by atoms with Crippen molar-refractivity contribution in [1.82, 2.24) is 14.2 Å². The van der Waals surface area contributed by atoms with Crippen LogP contribution in [0.25, 0.3) is 0 Å². The van der Waals surface area contributed by atoms with Crippen LogP contribution in [0.3, 0.4) is 0 Å². The molecule has 0 saturated carbocycles. The summed E-state index contributed by atoms with van der Waals surface area (Å²) in [4.78, 5) is 27.7. The fraction of sp³-hybridized carbons (Fsp3) is 0.410. The number of benzene rings is 3. The maximum absolute atomic E-state index is 13.1. The number of methoxy groups -OCH3 is 1. The SMILES string of the molecule is COc1ccc(C(OCC2OC(n3cc(Br)c(=O)[nH]c3=O)CC2OP(OCCC#N)N(C(C)C)C(C)C)(c2ccccc2)c2ccc(C)cc2)cc1. The molecule has 1 aliphatic heterocycles. The summed E-state index contributed by atoms with van der Waals surface area (Å²) < 4.78 is 36.2. The molecule has 1 saturated heterocycles. The summed E-state index contributed by atoms with van der Waals surface area (Å²) in [5.41, 5.74) is 1.59. The van der Waals surface area contributed by atoms with E-state index in [0.717, 1.165) is 22.3 Å². The van der Waals surface area contributed by atoms with Crippen LogP contribution in [0.1, 0.15) is 69.0 Å². The van der Waals surface area contributed by atoms with Crippen LogP contribution in [-0.2, 0) is 24.1 Å². The van der Waals surface area contributed by atoms with E-state index in [0.29, 0.717) is 5.75 Å². The van der Waals surface area contributed by atoms with Gasteiger partial charge >= 0.3 is 5.69 Å². The third-order valence-electron chi connectivity index (χ3n) is 8.90. The molecule has 5 atom stereocenters. The first-order valence-corrected chi connectivity index (χ1v) is 19.2. The number of nitrogens with zero attached hydrogens (tertiary/aromatic N) is 3. The second-order valence-electron chi connectivity index (χ2n) is 13.2. The molecule has 0 radical (unpaired) electrons. The number of ether oxygens (including phenoxy) is 3. The smallest absolute Gasteiger partial charge is 0.330 e. The fourth-order valence-electron chi connectivity index (χ4n) is 6.46. The Balaban J connectivity index is 1.60. The van der Waals surface area contributed by atoms with Gasteiger partial charge in [-0.1, -0.05) is 72.3 Å². The van der Waals surface area contributed by atoms with Crippen molar-refractivity contribution in [2.24, 2.45) is 0 Å². The van der Waals surface area contributed by atoms with Crippen molar-refractivity contribution >= 4 is 24.5 Å². The number of nitrogens with one attached hydrogen (secondary N) is 1. The summed E-state index contributed by atoms with van der Waals surface area (Å²) in [6.45, 7) is 10.6. The molecule has 2 heterocycles. The molecule has 276 valence electrons. The van der Waals surface area contributed by atoms with E-state index in [4.69, 9.17) is 23.3 Å². The van der Waals surface area contributed by atoms with Crippen LogP contribution < -0.4 is 16.0 Å². The third-order valence-corrected chi connectivity index (χ3v) is 11.6. The molecule has 1 aliphatic rings. The zero-order chi connectivity index (χ0) is 37.4. The molecule has 5 unspecified atom stereocenters. The predicted molar refractivity (Wildman–Crippen MR) is 204 cm³/mol. The average molecular weight is 794 g/mol. The number of aryl methyl sites for hydroxylation is 1. The number of hydrogen-bond acceptors (Lipinski definition) is 9. The van der Waals surface area contributed by atoms with Gasteiger partial charge in [0.05, 0.1) is 43.4 Å². The minimum atomic E-state index is -1.66. The first-order chi connectivity index (χ1) is 25.0. The number of aromatic nitrogens is 2. The molecule has 1 aromatic heterocycles. The Morgan fingerprint density at radius 3 is 2.21 bits per heavy atom. The quantitative estimate of drug-likeness (QED) is 0.0694. The van der Waals surface area contributed by atoms with Crippen LogP contribution in [0.4, 0.5) is 0 Å². The predicted octanol–water partition coefficient (Wildman–Crippen LogP) is 7.57. The third kappa shape index (κ3) is 8.92. The van der Waals surface area contributed by atoms with Gasteiger partial charge in [-0.05, 0) is 79.4 Å². The Morgan fingerprint density at radius 1 is 1.00 bits per heavy atom. The van der Waals surface area contributed by atoms with Gasteiger partial charge in [0.25, 0.3) is 14.1 Å². The Kier molecular flexibility index (Phi) is 13.6. The van der Waals surface area contributed by atoms with Gasteiger partial charge in [-0.15, -0.1) is 0 Å². The minimum Gasteiger partial charge on any atom is -0.497 e. The summed E-state index contributed by atoms with van der Waals surface area (Å²) in [6.07, 6.45) is -0.152. The average Bonchev–Trinajstić information content (AvgIpc) is 3.53. The number of aromatic amines is 1. The van der Waals surface area contributed by atoms with E-state index >= 15 is 0 Å². The number of halogens is 1. The highest BCUT2D eigenvalue weighted by atomic mass is 79.9. The zero-order valence-corrected chi connectivity index (χ0v) is 32.8. The number of rotatable bonds is 16. The first-order valence-electron chi connectivity index (χ1n) is 17.3. The van der Waals surface area contributed by atoms with Crippen LogP contribution >= 0.6 is 24.5 Å². The van der Waals surface area contributed by atoms with Crippen molar-refractivity contribution in [3.63, 3.8) is 0 Å². The van der Waals surface area contributed by atoms with Crippen molar-refractivity contribution in [3.8, 4) is 11.8 Å². The molecule has 52 heavy (non-hydrogen) atoms. The van der Waals surface area contributed by atoms with E-state index in [1.165, 1.54) is 10.8 Å². The summed E-state index contributed by atoms with van der Waals surface area (Å²) >= 11 is 3.26. The fourth-order valence-corrected chi connectivity index (χ4v) is 8.54. The second-order valence-corrected chi connectivity index (χ2v) is 15.4. The zero-order valence-electron chi connectivity index (χ0n) is 30.3. The lowest BCUT2D eigenvalue weighted by Crippen LogP contribution is -2.39. The van der Waals surface area contributed by atoms with Crippen molar-refractivity contribution in [2.45, 2.75) is 83.6 Å². The summed E-state index contributed by atoms with van der Waals surface area (Å²) in [7, 11) is -0.0269. The van der Waals surface area contributed by atoms with Gasteiger partial charge in [0.15, 0.2) is 0 Å². The molecule has 0 aliphatic carbocycles.